The highest BCUT2D eigenvalue weighted by Crippen LogP contribution is 2.32. The number of hydrogen-bond acceptors (Lipinski definition) is 3. The molecule has 1 aliphatic rings. The summed E-state index contributed by atoms with van der Waals surface area (Å²) in [5.74, 6) is 0.562. The van der Waals surface area contributed by atoms with E-state index in [1.165, 1.54) is 0 Å². The van der Waals surface area contributed by atoms with Crippen molar-refractivity contribution in [2.24, 2.45) is 11.3 Å². The molecule has 0 aromatic heterocycles. The summed E-state index contributed by atoms with van der Waals surface area (Å²) in [4.78, 5) is 0. The van der Waals surface area contributed by atoms with Gasteiger partial charge in [0.25, 0.3) is 0 Å². The van der Waals surface area contributed by atoms with Crippen LogP contribution in [0.5, 0.6) is 0 Å². The van der Waals surface area contributed by atoms with Crippen molar-refractivity contribution < 1.29 is 4.74 Å². The Labute approximate surface area is 75.0 Å². The van der Waals surface area contributed by atoms with Crippen LogP contribution in [0, 0.1) is 11.3 Å². The molecule has 0 aromatic rings. The van der Waals surface area contributed by atoms with Gasteiger partial charge in [-0.1, -0.05) is 20.8 Å². The van der Waals surface area contributed by atoms with Crippen molar-refractivity contribution in [3.05, 3.63) is 0 Å². The van der Waals surface area contributed by atoms with Crippen LogP contribution in [0.15, 0.2) is 0 Å². The number of rotatable bonds is 1. The second-order valence-corrected chi connectivity index (χ2v) is 4.64. The highest BCUT2D eigenvalue weighted by Gasteiger charge is 2.38. The van der Waals surface area contributed by atoms with E-state index in [2.05, 4.69) is 38.3 Å². The summed E-state index contributed by atoms with van der Waals surface area (Å²) in [6, 6.07) is 0. The predicted molar refractivity (Wildman–Crippen MR) is 49.5 cm³/mol. The Morgan fingerprint density at radius 1 is 1.42 bits per heavy atom. The third-order valence-electron chi connectivity index (χ3n) is 2.55. The maximum absolute atomic E-state index is 5.37. The molecule has 0 bridgehead atoms. The SMILES string of the molecule is COC1NN(C)CC1C(C)(C)C. The van der Waals surface area contributed by atoms with Crippen LogP contribution in [0.1, 0.15) is 20.8 Å². The summed E-state index contributed by atoms with van der Waals surface area (Å²) >= 11 is 0. The molecular weight excluding hydrogens is 152 g/mol. The fourth-order valence-electron chi connectivity index (χ4n) is 1.70. The topological polar surface area (TPSA) is 24.5 Å². The number of nitrogens with one attached hydrogen (secondary N) is 1. The molecule has 1 saturated heterocycles. The van der Waals surface area contributed by atoms with E-state index in [0.29, 0.717) is 11.3 Å². The third kappa shape index (κ3) is 1.97. The van der Waals surface area contributed by atoms with Gasteiger partial charge in [-0.25, -0.2) is 10.4 Å². The molecule has 0 aliphatic carbocycles. The van der Waals surface area contributed by atoms with E-state index >= 15 is 0 Å². The Morgan fingerprint density at radius 3 is 2.33 bits per heavy atom. The molecule has 1 rings (SSSR count). The van der Waals surface area contributed by atoms with E-state index < -0.39 is 0 Å². The van der Waals surface area contributed by atoms with E-state index in [0.717, 1.165) is 6.54 Å². The summed E-state index contributed by atoms with van der Waals surface area (Å²) in [6.07, 6.45) is 0.176. The van der Waals surface area contributed by atoms with E-state index in [-0.39, 0.29) is 6.23 Å². The number of methoxy groups -OCH3 is 1. The lowest BCUT2D eigenvalue weighted by Gasteiger charge is -2.29. The van der Waals surface area contributed by atoms with Gasteiger partial charge < -0.3 is 4.74 Å². The maximum atomic E-state index is 5.37. The van der Waals surface area contributed by atoms with Crippen LogP contribution in [-0.4, -0.2) is 31.9 Å². The van der Waals surface area contributed by atoms with Gasteiger partial charge >= 0.3 is 0 Å². The Hall–Kier alpha value is -0.120. The van der Waals surface area contributed by atoms with Crippen molar-refractivity contribution in [2.75, 3.05) is 20.7 Å². The van der Waals surface area contributed by atoms with Gasteiger partial charge in [0.1, 0.15) is 6.23 Å². The Morgan fingerprint density at radius 2 is 2.00 bits per heavy atom. The molecule has 0 spiro atoms. The smallest absolute Gasteiger partial charge is 0.124 e. The van der Waals surface area contributed by atoms with Gasteiger partial charge in [-0.15, -0.1) is 0 Å². The van der Waals surface area contributed by atoms with Crippen LogP contribution < -0.4 is 5.43 Å². The molecule has 0 amide bonds. The van der Waals surface area contributed by atoms with Gasteiger partial charge in [-0.3, -0.25) is 0 Å². The first-order chi connectivity index (χ1) is 5.45. The van der Waals surface area contributed by atoms with Crippen molar-refractivity contribution in [1.82, 2.24) is 10.4 Å². The molecule has 0 aromatic carbocycles. The molecule has 1 fully saturated rings. The van der Waals surface area contributed by atoms with Crippen molar-refractivity contribution in [2.45, 2.75) is 27.0 Å². The number of hydrogen-bond donors (Lipinski definition) is 1. The van der Waals surface area contributed by atoms with Crippen molar-refractivity contribution >= 4 is 0 Å². The number of hydrazine groups is 1. The predicted octanol–water partition coefficient (Wildman–Crippen LogP) is 1.07. The summed E-state index contributed by atoms with van der Waals surface area (Å²) in [5, 5.41) is 2.10. The standard InChI is InChI=1S/C9H20N2O/c1-9(2,3)7-6-11(4)10-8(7)12-5/h7-8,10H,6H2,1-5H3. The lowest BCUT2D eigenvalue weighted by molar-refractivity contribution is 0.00912. The number of nitrogens with zero attached hydrogens (tertiary/aromatic N) is 1. The van der Waals surface area contributed by atoms with Crippen LogP contribution in [-0.2, 0) is 4.74 Å². The van der Waals surface area contributed by atoms with Gasteiger partial charge in [0.15, 0.2) is 0 Å². The Balaban J connectivity index is 2.64. The minimum absolute atomic E-state index is 0.176. The molecule has 0 radical (unpaired) electrons. The average molecular weight is 172 g/mol. The first kappa shape index (κ1) is 9.96. The van der Waals surface area contributed by atoms with Crippen molar-refractivity contribution in [3.63, 3.8) is 0 Å². The van der Waals surface area contributed by atoms with Crippen LogP contribution in [0.4, 0.5) is 0 Å². The molecule has 0 saturated carbocycles. The highest BCUT2D eigenvalue weighted by atomic mass is 16.5. The minimum Gasteiger partial charge on any atom is -0.365 e. The van der Waals surface area contributed by atoms with E-state index in [4.69, 9.17) is 4.74 Å². The molecule has 12 heavy (non-hydrogen) atoms. The van der Waals surface area contributed by atoms with Gasteiger partial charge in [0.2, 0.25) is 0 Å². The summed E-state index contributed by atoms with van der Waals surface area (Å²) in [6.45, 7) is 7.82. The molecular formula is C9H20N2O. The molecule has 3 heteroatoms. The minimum atomic E-state index is 0.176. The molecule has 2 unspecified atom stereocenters. The lowest BCUT2D eigenvalue weighted by atomic mass is 9.80. The van der Waals surface area contributed by atoms with E-state index in [9.17, 15) is 0 Å². The largest absolute Gasteiger partial charge is 0.365 e. The molecule has 3 nitrogen and oxygen atoms in total. The van der Waals surface area contributed by atoms with Gasteiger partial charge in [0, 0.05) is 26.6 Å². The van der Waals surface area contributed by atoms with Gasteiger partial charge in [-0.2, -0.15) is 0 Å². The van der Waals surface area contributed by atoms with E-state index in [1.807, 2.05) is 0 Å². The Kier molecular flexibility index (Phi) is 2.76. The Bertz CT molecular complexity index is 153. The van der Waals surface area contributed by atoms with Crippen LogP contribution in [0.3, 0.4) is 0 Å². The lowest BCUT2D eigenvalue weighted by Crippen LogP contribution is -2.37. The fraction of sp³-hybridized carbons (Fsp3) is 1.00. The van der Waals surface area contributed by atoms with E-state index in [1.54, 1.807) is 7.11 Å². The third-order valence-corrected chi connectivity index (χ3v) is 2.55. The zero-order chi connectivity index (χ0) is 9.35. The second-order valence-electron chi connectivity index (χ2n) is 4.64. The van der Waals surface area contributed by atoms with Crippen molar-refractivity contribution in [3.8, 4) is 0 Å². The zero-order valence-electron chi connectivity index (χ0n) is 8.72. The molecule has 1 aliphatic heterocycles. The maximum Gasteiger partial charge on any atom is 0.124 e. The quantitative estimate of drug-likeness (QED) is 0.640. The fourth-order valence-corrected chi connectivity index (χ4v) is 1.70. The first-order valence-electron chi connectivity index (χ1n) is 4.45. The van der Waals surface area contributed by atoms with Crippen LogP contribution >= 0.6 is 0 Å². The second kappa shape index (κ2) is 3.32. The average Bonchev–Trinajstić information content (AvgIpc) is 2.29. The summed E-state index contributed by atoms with van der Waals surface area (Å²) in [5.41, 5.74) is 3.58. The molecule has 1 N–H and O–H groups in total. The number of ether oxygens (including phenoxy) is 1. The summed E-state index contributed by atoms with van der Waals surface area (Å²) in [7, 11) is 3.81. The summed E-state index contributed by atoms with van der Waals surface area (Å²) < 4.78 is 5.37. The van der Waals surface area contributed by atoms with Crippen LogP contribution in [0.25, 0.3) is 0 Å². The van der Waals surface area contributed by atoms with Crippen molar-refractivity contribution in [1.29, 1.82) is 0 Å². The highest BCUT2D eigenvalue weighted by molar-refractivity contribution is 4.85. The molecule has 2 atom stereocenters. The normalized spacial score (nSPS) is 32.8. The molecule has 72 valence electrons. The van der Waals surface area contributed by atoms with Crippen LogP contribution in [0.2, 0.25) is 0 Å². The first-order valence-corrected chi connectivity index (χ1v) is 4.45. The molecule has 1 heterocycles. The van der Waals surface area contributed by atoms with Gasteiger partial charge in [0.05, 0.1) is 0 Å². The zero-order valence-corrected chi connectivity index (χ0v) is 8.72. The van der Waals surface area contributed by atoms with Gasteiger partial charge in [-0.05, 0) is 5.41 Å². The monoisotopic (exact) mass is 172 g/mol.